The average Bonchev–Trinajstić information content (AvgIpc) is 3.33. The van der Waals surface area contributed by atoms with Gasteiger partial charge in [0, 0.05) is 32.1 Å². The van der Waals surface area contributed by atoms with Crippen molar-refractivity contribution < 1.29 is 9.90 Å². The van der Waals surface area contributed by atoms with Gasteiger partial charge in [-0.15, -0.1) is 0 Å². The van der Waals surface area contributed by atoms with E-state index in [9.17, 15) is 9.90 Å². The number of carbonyl (C=O) groups is 1. The lowest BCUT2D eigenvalue weighted by atomic mass is 10.0. The minimum atomic E-state index is -1.06. The van der Waals surface area contributed by atoms with Crippen molar-refractivity contribution in [3.05, 3.63) is 98.8 Å². The second-order valence-electron chi connectivity index (χ2n) is 7.53. The van der Waals surface area contributed by atoms with Crippen LogP contribution in [0.4, 0.5) is 0 Å². The van der Waals surface area contributed by atoms with Gasteiger partial charge >= 0.3 is 5.97 Å². The highest BCUT2D eigenvalue weighted by Gasteiger charge is 2.27. The molecule has 2 N–H and O–H groups in total. The predicted molar refractivity (Wildman–Crippen MR) is 135 cm³/mol. The average molecular weight is 541 g/mol. The molecular weight excluding hydrogens is 525 g/mol. The van der Waals surface area contributed by atoms with Gasteiger partial charge in [-0.05, 0) is 45.8 Å². The van der Waals surface area contributed by atoms with E-state index in [-0.39, 0.29) is 5.69 Å². The molecule has 0 aliphatic heterocycles. The lowest BCUT2D eigenvalue weighted by Gasteiger charge is -2.12. The van der Waals surface area contributed by atoms with E-state index in [1.165, 1.54) is 0 Å². The van der Waals surface area contributed by atoms with Crippen LogP contribution in [0, 0.1) is 0 Å². The van der Waals surface area contributed by atoms with Crippen LogP contribution in [0.2, 0.25) is 10.0 Å². The van der Waals surface area contributed by atoms with Crippen molar-refractivity contribution in [2.75, 3.05) is 0 Å². The van der Waals surface area contributed by atoms with Crippen LogP contribution >= 0.6 is 39.1 Å². The van der Waals surface area contributed by atoms with Crippen LogP contribution in [0.15, 0.2) is 77.5 Å². The number of aromatic amines is 1. The highest BCUT2D eigenvalue weighted by Crippen LogP contribution is 2.41. The Hall–Kier alpha value is -3.06. The van der Waals surface area contributed by atoms with E-state index in [2.05, 4.69) is 20.9 Å². The zero-order valence-electron chi connectivity index (χ0n) is 17.0. The highest BCUT2D eigenvalue weighted by molar-refractivity contribution is 9.10. The number of nitrogens with one attached hydrogen (secondary N) is 1. The van der Waals surface area contributed by atoms with Crippen LogP contribution < -0.4 is 0 Å². The molecule has 0 radical (unpaired) electrons. The number of H-pyrrole nitrogens is 1. The molecule has 0 bridgehead atoms. The molecule has 0 aliphatic rings. The first-order valence-corrected chi connectivity index (χ1v) is 11.6. The van der Waals surface area contributed by atoms with Gasteiger partial charge in [-0.25, -0.2) is 9.78 Å². The van der Waals surface area contributed by atoms with E-state index in [0.717, 1.165) is 16.5 Å². The smallest absolute Gasteiger partial charge is 0.353 e. The van der Waals surface area contributed by atoms with Gasteiger partial charge in [-0.2, -0.15) is 0 Å². The van der Waals surface area contributed by atoms with Crippen LogP contribution in [0.25, 0.3) is 33.4 Å². The number of aromatic nitrogens is 3. The van der Waals surface area contributed by atoms with Crippen molar-refractivity contribution in [2.45, 2.75) is 6.54 Å². The molecule has 2 aromatic heterocycles. The Bertz CT molecular complexity index is 1490. The zero-order chi connectivity index (χ0) is 23.1. The largest absolute Gasteiger partial charge is 0.477 e. The molecule has 5 nitrogen and oxygen atoms in total. The van der Waals surface area contributed by atoms with E-state index >= 15 is 0 Å². The summed E-state index contributed by atoms with van der Waals surface area (Å²) in [5.74, 6) is -1.06. The van der Waals surface area contributed by atoms with Crippen molar-refractivity contribution >= 4 is 56.0 Å². The number of carboxylic acids is 1. The fourth-order valence-corrected chi connectivity index (χ4v) is 4.75. The summed E-state index contributed by atoms with van der Waals surface area (Å²) in [6.07, 6.45) is 0. The molecule has 3 aromatic carbocycles. The maximum Gasteiger partial charge on any atom is 0.353 e. The number of carboxylic acid groups (broad SMARTS) is 1. The first-order valence-electron chi connectivity index (χ1n) is 10.0. The Balaban J connectivity index is 1.83. The van der Waals surface area contributed by atoms with Gasteiger partial charge in [0.2, 0.25) is 0 Å². The third-order valence-electron chi connectivity index (χ3n) is 5.43. The van der Waals surface area contributed by atoms with Crippen molar-refractivity contribution in [1.82, 2.24) is 14.5 Å². The monoisotopic (exact) mass is 539 g/mol. The standard InChI is InChI=1S/C25H16BrCl2N3O2/c26-25-30-21(15-4-2-1-3-5-15)23(31(25)13-14-6-8-16(27)9-7-14)20-18-11-10-17(28)12-19(18)29-22(20)24(32)33/h1-12,29H,13H2,(H,32,33). The molecule has 2 heterocycles. The summed E-state index contributed by atoms with van der Waals surface area (Å²) < 4.78 is 2.56. The maximum absolute atomic E-state index is 12.3. The van der Waals surface area contributed by atoms with Gasteiger partial charge in [0.1, 0.15) is 5.69 Å². The molecule has 33 heavy (non-hydrogen) atoms. The number of aromatic carboxylic acids is 1. The molecule has 0 saturated carbocycles. The minimum Gasteiger partial charge on any atom is -0.477 e. The van der Waals surface area contributed by atoms with Gasteiger partial charge in [0.15, 0.2) is 4.73 Å². The maximum atomic E-state index is 12.3. The normalized spacial score (nSPS) is 11.2. The number of halogens is 3. The van der Waals surface area contributed by atoms with E-state index in [4.69, 9.17) is 28.2 Å². The molecule has 0 atom stereocenters. The molecule has 0 unspecified atom stereocenters. The SMILES string of the molecule is O=C(O)c1[nH]c2cc(Cl)ccc2c1-c1c(-c2ccccc2)nc(Br)n1Cc1ccc(Cl)cc1. The number of fused-ring (bicyclic) bond motifs is 1. The fourth-order valence-electron chi connectivity index (χ4n) is 3.97. The van der Waals surface area contributed by atoms with Crippen molar-refractivity contribution in [3.63, 3.8) is 0 Å². The molecule has 0 fully saturated rings. The number of hydrogen-bond donors (Lipinski definition) is 2. The van der Waals surface area contributed by atoms with E-state index in [1.807, 2.05) is 65.2 Å². The molecule has 5 rings (SSSR count). The molecule has 0 amide bonds. The number of imidazole rings is 1. The van der Waals surface area contributed by atoms with Crippen LogP contribution in [0.5, 0.6) is 0 Å². The molecular formula is C25H16BrCl2N3O2. The number of nitrogens with zero attached hydrogens (tertiary/aromatic N) is 2. The Morgan fingerprint density at radius 1 is 1.00 bits per heavy atom. The summed E-state index contributed by atoms with van der Waals surface area (Å²) in [7, 11) is 0. The van der Waals surface area contributed by atoms with E-state index in [1.54, 1.807) is 12.1 Å². The first-order chi connectivity index (χ1) is 15.9. The summed E-state index contributed by atoms with van der Waals surface area (Å²) in [5.41, 5.74) is 4.52. The molecule has 164 valence electrons. The summed E-state index contributed by atoms with van der Waals surface area (Å²) in [6, 6.07) is 22.5. The van der Waals surface area contributed by atoms with Crippen LogP contribution in [0.1, 0.15) is 16.1 Å². The topological polar surface area (TPSA) is 70.9 Å². The van der Waals surface area contributed by atoms with Crippen molar-refractivity contribution in [2.24, 2.45) is 0 Å². The molecule has 0 aliphatic carbocycles. The Labute approximate surface area is 207 Å². The van der Waals surface area contributed by atoms with Crippen LogP contribution in [-0.2, 0) is 6.54 Å². The summed E-state index contributed by atoms with van der Waals surface area (Å²) in [6.45, 7) is 0.465. The number of rotatable bonds is 5. The van der Waals surface area contributed by atoms with E-state index in [0.29, 0.717) is 43.8 Å². The quantitative estimate of drug-likeness (QED) is 0.242. The second-order valence-corrected chi connectivity index (χ2v) is 9.11. The van der Waals surface area contributed by atoms with Gasteiger partial charge < -0.3 is 14.7 Å². The van der Waals surface area contributed by atoms with Gasteiger partial charge in [-0.1, -0.05) is 71.7 Å². The summed E-state index contributed by atoms with van der Waals surface area (Å²) in [4.78, 5) is 20.1. The molecule has 8 heteroatoms. The van der Waals surface area contributed by atoms with Crippen LogP contribution in [0.3, 0.4) is 0 Å². The zero-order valence-corrected chi connectivity index (χ0v) is 20.1. The number of benzene rings is 3. The fraction of sp³-hybridized carbons (Fsp3) is 0.0400. The van der Waals surface area contributed by atoms with Gasteiger partial charge in [0.05, 0.1) is 17.9 Å². The number of hydrogen-bond acceptors (Lipinski definition) is 2. The molecule has 5 aromatic rings. The predicted octanol–water partition coefficient (Wildman–Crippen LogP) is 7.51. The first kappa shape index (κ1) is 21.8. The van der Waals surface area contributed by atoms with Crippen molar-refractivity contribution in [1.29, 1.82) is 0 Å². The molecule has 0 spiro atoms. The Morgan fingerprint density at radius 2 is 1.70 bits per heavy atom. The van der Waals surface area contributed by atoms with E-state index < -0.39 is 5.97 Å². The third-order valence-corrected chi connectivity index (χ3v) is 6.53. The second kappa shape index (κ2) is 8.71. The Morgan fingerprint density at radius 3 is 2.39 bits per heavy atom. The van der Waals surface area contributed by atoms with Crippen molar-refractivity contribution in [3.8, 4) is 22.5 Å². The lowest BCUT2D eigenvalue weighted by molar-refractivity contribution is 0.0692. The summed E-state index contributed by atoms with van der Waals surface area (Å²) >= 11 is 15.9. The molecule has 0 saturated heterocycles. The minimum absolute atomic E-state index is 0.0780. The van der Waals surface area contributed by atoms with Crippen LogP contribution in [-0.4, -0.2) is 25.6 Å². The third kappa shape index (κ3) is 4.06. The summed E-state index contributed by atoms with van der Waals surface area (Å²) in [5, 5.41) is 12.0. The Kier molecular flexibility index (Phi) is 5.74. The lowest BCUT2D eigenvalue weighted by Crippen LogP contribution is -2.06. The highest BCUT2D eigenvalue weighted by atomic mass is 79.9. The van der Waals surface area contributed by atoms with Gasteiger partial charge in [-0.3, -0.25) is 0 Å². The van der Waals surface area contributed by atoms with Gasteiger partial charge in [0.25, 0.3) is 0 Å².